The molecule has 1 aliphatic heterocycles. The Hall–Kier alpha value is -2.70. The molecular formula is C18H21N7. The first-order valence-corrected chi connectivity index (χ1v) is 8.88. The summed E-state index contributed by atoms with van der Waals surface area (Å²) in [5.41, 5.74) is 0.895. The highest BCUT2D eigenvalue weighted by Gasteiger charge is 2.30. The van der Waals surface area contributed by atoms with Crippen LogP contribution >= 0.6 is 0 Å². The molecular weight excluding hydrogens is 314 g/mol. The number of H-pyrrole nitrogens is 1. The van der Waals surface area contributed by atoms with Gasteiger partial charge in [0.2, 0.25) is 0 Å². The summed E-state index contributed by atoms with van der Waals surface area (Å²) in [6.07, 6.45) is 9.00. The van der Waals surface area contributed by atoms with Crippen LogP contribution in [-0.4, -0.2) is 51.1 Å². The van der Waals surface area contributed by atoms with Gasteiger partial charge in [-0.2, -0.15) is 0 Å². The summed E-state index contributed by atoms with van der Waals surface area (Å²) < 4.78 is 0. The van der Waals surface area contributed by atoms with Crippen LogP contribution in [0.15, 0.2) is 30.9 Å². The summed E-state index contributed by atoms with van der Waals surface area (Å²) in [6, 6.07) is 4.49. The third-order valence-corrected chi connectivity index (χ3v) is 5.31. The van der Waals surface area contributed by atoms with Gasteiger partial charge >= 0.3 is 0 Å². The Bertz CT molecular complexity index is 901. The van der Waals surface area contributed by atoms with Crippen LogP contribution in [0.3, 0.4) is 0 Å². The van der Waals surface area contributed by atoms with Crippen molar-refractivity contribution in [3.8, 4) is 0 Å². The van der Waals surface area contributed by atoms with Crippen LogP contribution < -0.4 is 9.80 Å². The molecule has 1 N–H and O–H groups in total. The van der Waals surface area contributed by atoms with Crippen LogP contribution in [-0.2, 0) is 0 Å². The molecule has 128 valence electrons. The second-order valence-electron chi connectivity index (χ2n) is 6.98. The average Bonchev–Trinajstić information content (AvgIpc) is 3.19. The highest BCUT2D eigenvalue weighted by Crippen LogP contribution is 2.38. The van der Waals surface area contributed by atoms with Crippen molar-refractivity contribution in [1.82, 2.24) is 24.9 Å². The summed E-state index contributed by atoms with van der Waals surface area (Å²) in [5.74, 6) is 3.63. The van der Waals surface area contributed by atoms with Crippen molar-refractivity contribution in [3.05, 3.63) is 36.7 Å². The number of aromatic amines is 1. The molecule has 4 heterocycles. The fraction of sp³-hybridized carbons (Fsp3) is 0.444. The van der Waals surface area contributed by atoms with Gasteiger partial charge in [0.1, 0.15) is 29.4 Å². The lowest BCUT2D eigenvalue weighted by molar-refractivity contribution is 0.679. The molecule has 25 heavy (non-hydrogen) atoms. The van der Waals surface area contributed by atoms with Gasteiger partial charge < -0.3 is 14.8 Å². The lowest BCUT2D eigenvalue weighted by Crippen LogP contribution is -2.35. The van der Waals surface area contributed by atoms with Crippen LogP contribution in [0.2, 0.25) is 0 Å². The minimum atomic E-state index is 0.422. The molecule has 5 rings (SSSR count). The normalized spacial score (nSPS) is 20.4. The van der Waals surface area contributed by atoms with Crippen molar-refractivity contribution < 1.29 is 0 Å². The van der Waals surface area contributed by atoms with Crippen LogP contribution in [0.1, 0.15) is 31.0 Å². The van der Waals surface area contributed by atoms with Crippen molar-refractivity contribution >= 4 is 22.7 Å². The summed E-state index contributed by atoms with van der Waals surface area (Å²) in [5, 5.41) is 1.09. The lowest BCUT2D eigenvalue weighted by Gasteiger charge is -2.26. The van der Waals surface area contributed by atoms with E-state index in [1.54, 1.807) is 6.33 Å². The number of likely N-dealkylation sites (N-methyl/N-ethyl adjacent to an activating group) is 1. The minimum Gasteiger partial charge on any atom is -0.355 e. The Morgan fingerprint density at radius 1 is 1.16 bits per heavy atom. The second-order valence-corrected chi connectivity index (χ2v) is 6.98. The number of nitrogens with zero attached hydrogens (tertiary/aromatic N) is 6. The van der Waals surface area contributed by atoms with Crippen molar-refractivity contribution in [2.45, 2.75) is 31.2 Å². The zero-order chi connectivity index (χ0) is 16.8. The van der Waals surface area contributed by atoms with Gasteiger partial charge in [-0.15, -0.1) is 0 Å². The second kappa shape index (κ2) is 5.68. The molecule has 1 unspecified atom stereocenters. The van der Waals surface area contributed by atoms with Gasteiger partial charge in [-0.3, -0.25) is 0 Å². The van der Waals surface area contributed by atoms with Gasteiger partial charge in [0.25, 0.3) is 0 Å². The summed E-state index contributed by atoms with van der Waals surface area (Å²) in [4.78, 5) is 25.8. The molecule has 0 spiro atoms. The topological polar surface area (TPSA) is 73.8 Å². The standard InChI is InChI=1S/C18H21N7/c1-24(15-5-8-19-16(23-15)12-2-3-12)13-6-9-25(10-13)18-14-4-7-20-17(14)21-11-22-18/h4-5,7-8,11-13H,2-3,6,9-10H2,1H3,(H,20,21,22). The van der Waals surface area contributed by atoms with E-state index < -0.39 is 0 Å². The summed E-state index contributed by atoms with van der Waals surface area (Å²) >= 11 is 0. The Morgan fingerprint density at radius 3 is 2.96 bits per heavy atom. The van der Waals surface area contributed by atoms with Crippen LogP contribution in [0, 0.1) is 0 Å². The van der Waals surface area contributed by atoms with E-state index in [0.29, 0.717) is 12.0 Å². The molecule has 1 saturated heterocycles. The Balaban J connectivity index is 1.36. The Morgan fingerprint density at radius 2 is 2.08 bits per heavy atom. The van der Waals surface area contributed by atoms with E-state index in [2.05, 4.69) is 36.8 Å². The molecule has 7 nitrogen and oxygen atoms in total. The number of fused-ring (bicyclic) bond motifs is 1. The van der Waals surface area contributed by atoms with Gasteiger partial charge in [-0.1, -0.05) is 0 Å². The van der Waals surface area contributed by atoms with Crippen molar-refractivity contribution in [2.75, 3.05) is 29.9 Å². The predicted octanol–water partition coefficient (Wildman–Crippen LogP) is 2.34. The van der Waals surface area contributed by atoms with Gasteiger partial charge in [-0.25, -0.2) is 19.9 Å². The van der Waals surface area contributed by atoms with E-state index in [1.165, 1.54) is 12.8 Å². The molecule has 0 amide bonds. The third-order valence-electron chi connectivity index (χ3n) is 5.31. The molecule has 3 aromatic rings. The number of hydrogen-bond donors (Lipinski definition) is 1. The zero-order valence-corrected chi connectivity index (χ0v) is 14.3. The van der Waals surface area contributed by atoms with E-state index in [1.807, 2.05) is 24.5 Å². The quantitative estimate of drug-likeness (QED) is 0.789. The van der Waals surface area contributed by atoms with E-state index >= 15 is 0 Å². The van der Waals surface area contributed by atoms with Gasteiger partial charge in [0.05, 0.1) is 5.39 Å². The molecule has 7 heteroatoms. The maximum Gasteiger partial charge on any atom is 0.142 e. The van der Waals surface area contributed by atoms with Crippen molar-refractivity contribution in [2.24, 2.45) is 0 Å². The molecule has 2 fully saturated rings. The molecule has 1 aliphatic carbocycles. The Kier molecular flexibility index (Phi) is 3.33. The molecule has 2 aliphatic rings. The fourth-order valence-electron chi connectivity index (χ4n) is 3.65. The first-order valence-electron chi connectivity index (χ1n) is 8.88. The van der Waals surface area contributed by atoms with E-state index in [4.69, 9.17) is 4.98 Å². The number of anilines is 2. The lowest BCUT2D eigenvalue weighted by atomic mass is 10.2. The van der Waals surface area contributed by atoms with Crippen molar-refractivity contribution in [1.29, 1.82) is 0 Å². The first kappa shape index (κ1) is 14.6. The van der Waals surface area contributed by atoms with Crippen LogP contribution in [0.5, 0.6) is 0 Å². The maximum atomic E-state index is 4.78. The Labute approximate surface area is 146 Å². The summed E-state index contributed by atoms with van der Waals surface area (Å²) in [6.45, 7) is 1.93. The average molecular weight is 335 g/mol. The van der Waals surface area contributed by atoms with E-state index in [0.717, 1.165) is 48.0 Å². The number of rotatable bonds is 4. The van der Waals surface area contributed by atoms with Crippen LogP contribution in [0.25, 0.3) is 11.0 Å². The molecule has 1 atom stereocenters. The monoisotopic (exact) mass is 335 g/mol. The third kappa shape index (κ3) is 2.59. The van der Waals surface area contributed by atoms with E-state index in [-0.39, 0.29) is 0 Å². The zero-order valence-electron chi connectivity index (χ0n) is 14.3. The molecule has 0 aromatic carbocycles. The molecule has 3 aromatic heterocycles. The maximum absolute atomic E-state index is 4.78. The molecule has 0 bridgehead atoms. The smallest absolute Gasteiger partial charge is 0.142 e. The van der Waals surface area contributed by atoms with Gasteiger partial charge in [0, 0.05) is 44.5 Å². The van der Waals surface area contributed by atoms with Crippen LogP contribution in [0.4, 0.5) is 11.6 Å². The fourth-order valence-corrected chi connectivity index (χ4v) is 3.65. The number of hydrogen-bond acceptors (Lipinski definition) is 6. The molecule has 0 radical (unpaired) electrons. The highest BCUT2D eigenvalue weighted by atomic mass is 15.3. The van der Waals surface area contributed by atoms with E-state index in [9.17, 15) is 0 Å². The van der Waals surface area contributed by atoms with Gasteiger partial charge in [-0.05, 0) is 31.4 Å². The van der Waals surface area contributed by atoms with Gasteiger partial charge in [0.15, 0.2) is 0 Å². The first-order chi connectivity index (χ1) is 12.3. The largest absolute Gasteiger partial charge is 0.355 e. The summed E-state index contributed by atoms with van der Waals surface area (Å²) in [7, 11) is 2.14. The SMILES string of the molecule is CN(c1ccnc(C2CC2)n1)C1CCN(c2ncnc3[nH]ccc23)C1. The molecule has 1 saturated carbocycles. The highest BCUT2D eigenvalue weighted by molar-refractivity contribution is 5.87. The number of nitrogens with one attached hydrogen (secondary N) is 1. The number of aromatic nitrogens is 5. The predicted molar refractivity (Wildman–Crippen MR) is 96.9 cm³/mol. The van der Waals surface area contributed by atoms with Crippen molar-refractivity contribution in [3.63, 3.8) is 0 Å². The minimum absolute atomic E-state index is 0.422.